The Morgan fingerprint density at radius 2 is 1.86 bits per heavy atom. The van der Waals surface area contributed by atoms with E-state index in [0.717, 1.165) is 6.07 Å². The van der Waals surface area contributed by atoms with Crippen LogP contribution in [-0.2, 0) is 20.8 Å². The summed E-state index contributed by atoms with van der Waals surface area (Å²) in [5.41, 5.74) is -0.595. The predicted molar refractivity (Wildman–Crippen MR) is 119 cm³/mol. The summed E-state index contributed by atoms with van der Waals surface area (Å²) in [6.45, 7) is 4.63. The molecule has 5 N–H and O–H groups in total. The molecule has 2 aliphatic heterocycles. The van der Waals surface area contributed by atoms with E-state index in [1.54, 1.807) is 17.6 Å². The second kappa shape index (κ2) is 9.87. The zero-order valence-corrected chi connectivity index (χ0v) is 18.8. The lowest BCUT2D eigenvalue weighted by Gasteiger charge is -2.37. The number of aliphatic carboxylic acids is 1. The van der Waals surface area contributed by atoms with E-state index >= 15 is 0 Å². The van der Waals surface area contributed by atoms with Crippen LogP contribution in [0.15, 0.2) is 23.1 Å². The number of halogens is 1. The molecule has 5 atom stereocenters. The van der Waals surface area contributed by atoms with Crippen LogP contribution in [0.4, 0.5) is 10.1 Å². The molecule has 3 heterocycles. The molecule has 190 valence electrons. The number of carboxylic acid groups (broad SMARTS) is 1. The average Bonchev–Trinajstić information content (AvgIpc) is 2.84. The van der Waals surface area contributed by atoms with Gasteiger partial charge in [0.25, 0.3) is 0 Å². The van der Waals surface area contributed by atoms with Crippen molar-refractivity contribution in [3.63, 3.8) is 0 Å². The van der Waals surface area contributed by atoms with E-state index in [9.17, 15) is 34.1 Å². The van der Waals surface area contributed by atoms with Crippen molar-refractivity contribution in [3.05, 3.63) is 39.9 Å². The zero-order chi connectivity index (χ0) is 25.4. The Bertz CT molecular complexity index is 1200. The van der Waals surface area contributed by atoms with E-state index in [-0.39, 0.29) is 5.39 Å². The summed E-state index contributed by atoms with van der Waals surface area (Å²) < 4.78 is 26.5. The van der Waals surface area contributed by atoms with E-state index in [1.165, 1.54) is 6.20 Å². The summed E-state index contributed by atoms with van der Waals surface area (Å²) in [5, 5.41) is 42.0. The summed E-state index contributed by atoms with van der Waals surface area (Å²) in [4.78, 5) is 39.0. The number of anilines is 1. The van der Waals surface area contributed by atoms with Crippen molar-refractivity contribution in [2.45, 2.75) is 44.2 Å². The van der Waals surface area contributed by atoms with Crippen molar-refractivity contribution in [3.8, 4) is 0 Å². The number of hydrogen-bond donors (Lipinski definition) is 5. The maximum atomic E-state index is 15.0. The molecule has 0 spiro atoms. The molecule has 2 fully saturated rings. The lowest BCUT2D eigenvalue weighted by atomic mass is 9.99. The fourth-order valence-corrected chi connectivity index (χ4v) is 4.27. The highest BCUT2D eigenvalue weighted by Gasteiger charge is 2.48. The fraction of sp³-hybridized carbons (Fsp3) is 0.500. The summed E-state index contributed by atoms with van der Waals surface area (Å²) in [5.74, 6) is -3.56. The molecule has 3 unspecified atom stereocenters. The number of benzene rings is 1. The first-order chi connectivity index (χ1) is 16.6. The molecule has 0 aliphatic carbocycles. The number of fused-ring (bicyclic) bond motifs is 1. The highest BCUT2D eigenvalue weighted by molar-refractivity contribution is 5.94. The van der Waals surface area contributed by atoms with Crippen molar-refractivity contribution in [2.24, 2.45) is 0 Å². The zero-order valence-electron chi connectivity index (χ0n) is 18.8. The molecule has 2 saturated heterocycles. The number of rotatable bonds is 5. The van der Waals surface area contributed by atoms with E-state index in [1.807, 2.05) is 4.90 Å². The Kier molecular flexibility index (Phi) is 7.05. The second-order valence-electron chi connectivity index (χ2n) is 8.36. The molecule has 0 saturated carbocycles. The number of carbonyl (C=O) groups excluding carboxylic acids is 1. The van der Waals surface area contributed by atoms with Gasteiger partial charge in [0.2, 0.25) is 11.7 Å². The molecule has 13 heteroatoms. The van der Waals surface area contributed by atoms with Crippen LogP contribution in [0.3, 0.4) is 0 Å². The number of esters is 1. The minimum atomic E-state index is -1.98. The number of piperazine rings is 1. The third kappa shape index (κ3) is 4.60. The first-order valence-corrected chi connectivity index (χ1v) is 11.1. The van der Waals surface area contributed by atoms with Gasteiger partial charge in [0.1, 0.15) is 29.7 Å². The number of carboxylic acids is 1. The number of carbonyl (C=O) groups is 2. The normalized spacial score (nSPS) is 27.1. The predicted octanol–water partition coefficient (Wildman–Crippen LogP) is -1.38. The van der Waals surface area contributed by atoms with Gasteiger partial charge < -0.3 is 44.7 Å². The number of aliphatic hydroxyl groups is 3. The highest BCUT2D eigenvalue weighted by Crippen LogP contribution is 2.27. The number of hydrogen-bond acceptors (Lipinski definition) is 10. The Morgan fingerprint density at radius 3 is 2.49 bits per heavy atom. The summed E-state index contributed by atoms with van der Waals surface area (Å²) in [6.07, 6.45) is -8.65. The lowest BCUT2D eigenvalue weighted by Crippen LogP contribution is -2.60. The Labute approximate surface area is 198 Å². The van der Waals surface area contributed by atoms with Gasteiger partial charge in [0.15, 0.2) is 6.10 Å². The van der Waals surface area contributed by atoms with Crippen LogP contribution in [0.1, 0.15) is 17.3 Å². The molecular weight excluding hydrogens is 469 g/mol. The van der Waals surface area contributed by atoms with Crippen LogP contribution in [-0.4, -0.2) is 93.8 Å². The summed E-state index contributed by atoms with van der Waals surface area (Å²) in [7, 11) is 0. The van der Waals surface area contributed by atoms with Crippen LogP contribution in [0.2, 0.25) is 0 Å². The van der Waals surface area contributed by atoms with Crippen LogP contribution in [0, 0.1) is 5.82 Å². The largest absolute Gasteiger partial charge is 0.479 e. The average molecular weight is 495 g/mol. The van der Waals surface area contributed by atoms with Crippen molar-refractivity contribution in [1.82, 2.24) is 9.88 Å². The highest BCUT2D eigenvalue weighted by atomic mass is 19.1. The molecule has 0 amide bonds. The molecule has 35 heavy (non-hydrogen) atoms. The van der Waals surface area contributed by atoms with Crippen LogP contribution < -0.4 is 15.6 Å². The standard InChI is InChI=1S/C22H26FN3O9/c1-2-25-9-11(21(33)35-22-18(30)16(28)17(29)19(34-22)20(31)32)15(27)10-7-12(23)14(8-13(10)25)26-5-3-24-4-6-26/h7-9,16-19,22,24,28-30H,2-6H2,1H3,(H,31,32)/t16?,17-,18?,19?,22-/m0/s1. The maximum Gasteiger partial charge on any atom is 0.346 e. The number of nitrogens with one attached hydrogen (secondary N) is 1. The lowest BCUT2D eigenvalue weighted by molar-refractivity contribution is -0.278. The third-order valence-corrected chi connectivity index (χ3v) is 6.20. The quantitative estimate of drug-likeness (QED) is 0.310. The molecule has 1 aromatic carbocycles. The van der Waals surface area contributed by atoms with Gasteiger partial charge in [-0.1, -0.05) is 0 Å². The Hall–Kier alpha value is -3.10. The molecule has 0 bridgehead atoms. The van der Waals surface area contributed by atoms with Gasteiger partial charge >= 0.3 is 11.9 Å². The van der Waals surface area contributed by atoms with Crippen molar-refractivity contribution in [1.29, 1.82) is 0 Å². The third-order valence-electron chi connectivity index (χ3n) is 6.20. The molecule has 12 nitrogen and oxygen atoms in total. The number of aryl methyl sites for hydroxylation is 1. The van der Waals surface area contributed by atoms with Crippen LogP contribution >= 0.6 is 0 Å². The van der Waals surface area contributed by atoms with Gasteiger partial charge in [-0.3, -0.25) is 4.79 Å². The molecule has 2 aliphatic rings. The minimum absolute atomic E-state index is 0.0679. The number of pyridine rings is 1. The molecule has 2 aromatic rings. The monoisotopic (exact) mass is 495 g/mol. The van der Waals surface area contributed by atoms with Crippen molar-refractivity contribution >= 4 is 28.5 Å². The number of ether oxygens (including phenoxy) is 2. The van der Waals surface area contributed by atoms with E-state index in [0.29, 0.717) is 43.9 Å². The van der Waals surface area contributed by atoms with Gasteiger partial charge in [-0.25, -0.2) is 14.0 Å². The van der Waals surface area contributed by atoms with E-state index in [4.69, 9.17) is 14.6 Å². The number of aromatic nitrogens is 1. The fourth-order valence-electron chi connectivity index (χ4n) is 4.27. The Morgan fingerprint density at radius 1 is 1.17 bits per heavy atom. The van der Waals surface area contributed by atoms with E-state index in [2.05, 4.69) is 5.32 Å². The van der Waals surface area contributed by atoms with E-state index < -0.39 is 59.5 Å². The van der Waals surface area contributed by atoms with Gasteiger partial charge in [0.05, 0.1) is 11.2 Å². The summed E-state index contributed by atoms with van der Waals surface area (Å²) >= 11 is 0. The SMILES string of the molecule is CCn1cc(C(=O)O[C@@H]2OC(C(=O)O)[C@@H](O)C(O)C2O)c(=O)c2cc(F)c(N3CCNCC3)cc21. The summed E-state index contributed by atoms with van der Waals surface area (Å²) in [6, 6.07) is 2.61. The first kappa shape index (κ1) is 25.0. The van der Waals surface area contributed by atoms with Gasteiger partial charge in [-0.15, -0.1) is 0 Å². The first-order valence-electron chi connectivity index (χ1n) is 11.1. The number of nitrogens with zero attached hydrogens (tertiary/aromatic N) is 2. The second-order valence-corrected chi connectivity index (χ2v) is 8.36. The number of aliphatic hydroxyl groups excluding tert-OH is 3. The maximum absolute atomic E-state index is 15.0. The van der Waals surface area contributed by atoms with Crippen LogP contribution in [0.5, 0.6) is 0 Å². The van der Waals surface area contributed by atoms with Crippen molar-refractivity contribution < 1.29 is 43.9 Å². The van der Waals surface area contributed by atoms with Crippen LogP contribution in [0.25, 0.3) is 10.9 Å². The van der Waals surface area contributed by atoms with Gasteiger partial charge in [-0.05, 0) is 19.1 Å². The van der Waals surface area contributed by atoms with Crippen molar-refractivity contribution in [2.75, 3.05) is 31.1 Å². The molecule has 4 rings (SSSR count). The molecule has 1 aromatic heterocycles. The topological polar surface area (TPSA) is 171 Å². The van der Waals surface area contributed by atoms with Gasteiger partial charge in [-0.2, -0.15) is 0 Å². The minimum Gasteiger partial charge on any atom is -0.479 e. The van der Waals surface area contributed by atoms with Gasteiger partial charge in [0, 0.05) is 44.3 Å². The molecule has 0 radical (unpaired) electrons. The Balaban J connectivity index is 1.68. The molecular formula is C22H26FN3O9. The smallest absolute Gasteiger partial charge is 0.346 e.